The smallest absolute Gasteiger partial charge is 0.387 e. The van der Waals surface area contributed by atoms with Crippen LogP contribution in [-0.4, -0.2) is 49.4 Å². The molecule has 1 fully saturated rings. The normalized spacial score (nSPS) is 18.0. The Labute approximate surface area is 242 Å². The highest BCUT2D eigenvalue weighted by Gasteiger charge is 2.25. The highest BCUT2D eigenvalue weighted by Crippen LogP contribution is 2.34. The molecule has 2 aromatic carbocycles. The molecule has 1 aliphatic carbocycles. The van der Waals surface area contributed by atoms with Gasteiger partial charge in [0.1, 0.15) is 17.1 Å². The van der Waals surface area contributed by atoms with Gasteiger partial charge >= 0.3 is 6.61 Å². The van der Waals surface area contributed by atoms with E-state index in [0.717, 1.165) is 42.5 Å². The van der Waals surface area contributed by atoms with Gasteiger partial charge < -0.3 is 15.8 Å². The number of hydrogen-bond acceptors (Lipinski definition) is 7. The van der Waals surface area contributed by atoms with E-state index in [9.17, 15) is 8.78 Å². The maximum Gasteiger partial charge on any atom is 0.387 e. The predicted molar refractivity (Wildman–Crippen MR) is 156 cm³/mol. The second kappa shape index (κ2) is 12.6. The van der Waals surface area contributed by atoms with E-state index < -0.39 is 6.61 Å². The van der Waals surface area contributed by atoms with Crippen molar-refractivity contribution in [3.05, 3.63) is 95.3 Å². The molecule has 0 amide bonds. The molecular formula is C31H34F2N8O. The van der Waals surface area contributed by atoms with Crippen LogP contribution in [0.3, 0.4) is 0 Å². The number of ether oxygens (including phenoxy) is 1. The molecule has 3 aromatic heterocycles. The molecule has 1 atom stereocenters. The molecule has 1 saturated carbocycles. The molecule has 0 bridgehead atoms. The van der Waals surface area contributed by atoms with Crippen LogP contribution in [0, 0.1) is 0 Å². The standard InChI is InChI=1S/C31H34F2N8O/c32-31(33)42-25-8-4-5-20(15-25)18-41-19-23(17-36-41)26(27-16-28(34)37-30-29(27)38-40-39-30)13-14-35-24-11-9-22(10-12-24)21-6-2-1-3-7-21/h1-8,15-17,19,22,24,26,31,35H,9-14,18H2,(H3,34,37,38,39,40)/t22?,24?,26-/m0/s1. The number of aromatic amines is 1. The third kappa shape index (κ3) is 6.57. The summed E-state index contributed by atoms with van der Waals surface area (Å²) < 4.78 is 31.7. The van der Waals surface area contributed by atoms with Crippen molar-refractivity contribution in [3.8, 4) is 5.75 Å². The number of fused-ring (bicyclic) bond motifs is 1. The van der Waals surface area contributed by atoms with E-state index in [0.29, 0.717) is 35.5 Å². The summed E-state index contributed by atoms with van der Waals surface area (Å²) in [5.41, 5.74) is 11.5. The van der Waals surface area contributed by atoms with Crippen molar-refractivity contribution in [1.82, 2.24) is 35.5 Å². The molecule has 3 heterocycles. The number of pyridine rings is 1. The Bertz CT molecular complexity index is 1600. The summed E-state index contributed by atoms with van der Waals surface area (Å²) in [5, 5.41) is 19.6. The minimum Gasteiger partial charge on any atom is -0.435 e. The zero-order valence-corrected chi connectivity index (χ0v) is 23.2. The lowest BCUT2D eigenvalue weighted by Crippen LogP contribution is -2.34. The van der Waals surface area contributed by atoms with Gasteiger partial charge in [-0.3, -0.25) is 4.68 Å². The highest BCUT2D eigenvalue weighted by molar-refractivity contribution is 5.77. The first-order valence-electron chi connectivity index (χ1n) is 14.3. The Morgan fingerprint density at radius 2 is 1.86 bits per heavy atom. The van der Waals surface area contributed by atoms with Crippen LogP contribution in [0.1, 0.15) is 66.2 Å². The van der Waals surface area contributed by atoms with Crippen molar-refractivity contribution < 1.29 is 13.5 Å². The Morgan fingerprint density at radius 3 is 2.67 bits per heavy atom. The van der Waals surface area contributed by atoms with Crippen LogP contribution < -0.4 is 15.8 Å². The number of hydrogen-bond donors (Lipinski definition) is 3. The van der Waals surface area contributed by atoms with Crippen molar-refractivity contribution in [3.63, 3.8) is 0 Å². The predicted octanol–water partition coefficient (Wildman–Crippen LogP) is 5.62. The van der Waals surface area contributed by atoms with Crippen molar-refractivity contribution in [2.45, 2.75) is 63.1 Å². The van der Waals surface area contributed by atoms with Crippen LogP contribution in [-0.2, 0) is 6.54 Å². The van der Waals surface area contributed by atoms with Gasteiger partial charge in [-0.25, -0.2) is 4.98 Å². The quantitative estimate of drug-likeness (QED) is 0.188. The number of alkyl halides is 2. The molecule has 5 aromatic rings. The van der Waals surface area contributed by atoms with E-state index in [4.69, 9.17) is 5.73 Å². The zero-order chi connectivity index (χ0) is 28.9. The molecule has 6 rings (SSSR count). The molecule has 0 spiro atoms. The summed E-state index contributed by atoms with van der Waals surface area (Å²) in [4.78, 5) is 4.32. The Morgan fingerprint density at radius 1 is 1.02 bits per heavy atom. The molecule has 11 heteroatoms. The van der Waals surface area contributed by atoms with Crippen LogP contribution >= 0.6 is 0 Å². The highest BCUT2D eigenvalue weighted by atomic mass is 19.3. The summed E-state index contributed by atoms with van der Waals surface area (Å²) in [6.07, 6.45) is 9.28. The van der Waals surface area contributed by atoms with E-state index in [-0.39, 0.29) is 11.7 Å². The number of benzene rings is 2. The number of nitrogens with one attached hydrogen (secondary N) is 2. The second-order valence-corrected chi connectivity index (χ2v) is 10.9. The molecule has 42 heavy (non-hydrogen) atoms. The number of aromatic nitrogens is 6. The number of nitrogen functional groups attached to an aromatic ring is 1. The minimum absolute atomic E-state index is 0.0571. The lowest BCUT2D eigenvalue weighted by atomic mass is 9.81. The van der Waals surface area contributed by atoms with Gasteiger partial charge in [-0.1, -0.05) is 42.5 Å². The first kappa shape index (κ1) is 27.8. The monoisotopic (exact) mass is 572 g/mol. The van der Waals surface area contributed by atoms with Crippen LogP contribution in [0.25, 0.3) is 11.2 Å². The van der Waals surface area contributed by atoms with Crippen LogP contribution in [0.2, 0.25) is 0 Å². The summed E-state index contributed by atoms with van der Waals surface area (Å²) in [7, 11) is 0. The van der Waals surface area contributed by atoms with E-state index in [1.54, 1.807) is 16.8 Å². The summed E-state index contributed by atoms with van der Waals surface area (Å²) in [5.74, 6) is 1.08. The molecule has 1 aliphatic rings. The van der Waals surface area contributed by atoms with E-state index in [2.05, 4.69) is 65.9 Å². The third-order valence-corrected chi connectivity index (χ3v) is 8.10. The van der Waals surface area contributed by atoms with Gasteiger partial charge in [-0.05, 0) is 85.0 Å². The van der Waals surface area contributed by atoms with Gasteiger partial charge in [-0.2, -0.15) is 24.2 Å². The number of anilines is 1. The van der Waals surface area contributed by atoms with Crippen molar-refractivity contribution in [1.29, 1.82) is 0 Å². The molecule has 9 nitrogen and oxygen atoms in total. The fourth-order valence-corrected chi connectivity index (χ4v) is 6.09. The maximum atomic E-state index is 12.7. The van der Waals surface area contributed by atoms with Gasteiger partial charge in [0.25, 0.3) is 0 Å². The number of halogens is 2. The summed E-state index contributed by atoms with van der Waals surface area (Å²) >= 11 is 0. The van der Waals surface area contributed by atoms with Gasteiger partial charge in [0.05, 0.1) is 12.7 Å². The fourth-order valence-electron chi connectivity index (χ4n) is 6.09. The van der Waals surface area contributed by atoms with Crippen molar-refractivity contribution >= 4 is 17.0 Å². The summed E-state index contributed by atoms with van der Waals surface area (Å²) in [6.45, 7) is -1.65. The third-order valence-electron chi connectivity index (χ3n) is 8.10. The number of H-pyrrole nitrogens is 1. The molecular weight excluding hydrogens is 538 g/mol. The SMILES string of the molecule is Nc1cc([C@@H](CCNC2CCC(c3ccccc3)CC2)c2cnn(Cc3cccc(OC(F)F)c3)c2)c2n[nH]nc2n1. The topological polar surface area (TPSA) is 120 Å². The number of nitrogens with zero attached hydrogens (tertiary/aromatic N) is 5. The van der Waals surface area contributed by atoms with E-state index >= 15 is 0 Å². The fraction of sp³-hybridized carbons (Fsp3) is 0.355. The Kier molecular flexibility index (Phi) is 8.36. The van der Waals surface area contributed by atoms with Gasteiger partial charge in [0, 0.05) is 18.2 Å². The Balaban J connectivity index is 1.16. The van der Waals surface area contributed by atoms with Crippen LogP contribution in [0.5, 0.6) is 5.75 Å². The molecule has 0 unspecified atom stereocenters. The zero-order valence-electron chi connectivity index (χ0n) is 23.2. The van der Waals surface area contributed by atoms with Gasteiger partial charge in [-0.15, -0.1) is 5.10 Å². The molecule has 4 N–H and O–H groups in total. The van der Waals surface area contributed by atoms with Crippen molar-refractivity contribution in [2.75, 3.05) is 12.3 Å². The lowest BCUT2D eigenvalue weighted by molar-refractivity contribution is -0.0498. The largest absolute Gasteiger partial charge is 0.435 e. The molecule has 218 valence electrons. The molecule has 0 saturated heterocycles. The van der Waals surface area contributed by atoms with Crippen LogP contribution in [0.15, 0.2) is 73.1 Å². The minimum atomic E-state index is -2.87. The first-order chi connectivity index (χ1) is 20.5. The van der Waals surface area contributed by atoms with Crippen LogP contribution in [0.4, 0.5) is 14.6 Å². The summed E-state index contributed by atoms with van der Waals surface area (Å²) in [6, 6.07) is 19.8. The number of rotatable bonds is 11. The van der Waals surface area contributed by atoms with Gasteiger partial charge in [0.15, 0.2) is 0 Å². The van der Waals surface area contributed by atoms with E-state index in [1.165, 1.54) is 24.5 Å². The second-order valence-electron chi connectivity index (χ2n) is 10.9. The molecule has 0 aliphatic heterocycles. The van der Waals surface area contributed by atoms with E-state index in [1.807, 2.05) is 24.5 Å². The number of nitrogens with two attached hydrogens (primary N) is 1. The molecule has 0 radical (unpaired) electrons. The average molecular weight is 573 g/mol. The lowest BCUT2D eigenvalue weighted by Gasteiger charge is -2.30. The maximum absolute atomic E-state index is 12.7. The van der Waals surface area contributed by atoms with Gasteiger partial charge in [0.2, 0.25) is 5.65 Å². The average Bonchev–Trinajstić information content (AvgIpc) is 3.65. The Hall–Kier alpha value is -4.38. The van der Waals surface area contributed by atoms with Crippen molar-refractivity contribution in [2.24, 2.45) is 0 Å². The first-order valence-corrected chi connectivity index (χ1v) is 14.3.